The second-order valence-corrected chi connectivity index (χ2v) is 8.63. The van der Waals surface area contributed by atoms with Gasteiger partial charge in [0.25, 0.3) is 0 Å². The largest absolute Gasteiger partial charge is 0.396 e. The first-order chi connectivity index (χ1) is 17.8. The topological polar surface area (TPSA) is 47.9 Å². The molecule has 0 aliphatic heterocycles. The van der Waals surface area contributed by atoms with Gasteiger partial charge in [-0.15, -0.1) is 0 Å². The van der Waals surface area contributed by atoms with Crippen molar-refractivity contribution in [3.8, 4) is 0 Å². The van der Waals surface area contributed by atoms with Crippen LogP contribution in [0.5, 0.6) is 0 Å². The molecule has 4 nitrogen and oxygen atoms in total. The minimum Gasteiger partial charge on any atom is -0.396 e. The van der Waals surface area contributed by atoms with Crippen LogP contribution in [0.15, 0.2) is 121 Å². The molecule has 1 atom stereocenters. The van der Waals surface area contributed by atoms with E-state index >= 15 is 0 Å². The van der Waals surface area contributed by atoms with Gasteiger partial charge in [-0.2, -0.15) is 0 Å². The second kappa shape index (κ2) is 13.7. The van der Waals surface area contributed by atoms with Crippen LogP contribution in [0.25, 0.3) is 0 Å². The Morgan fingerprint density at radius 1 is 0.611 bits per heavy atom. The predicted molar refractivity (Wildman–Crippen MR) is 143 cm³/mol. The van der Waals surface area contributed by atoms with Crippen LogP contribution >= 0.6 is 0 Å². The maximum Gasteiger partial charge on any atom is 0.143 e. The molecular formula is C32H34O4. The quantitative estimate of drug-likeness (QED) is 0.177. The Labute approximate surface area is 214 Å². The molecule has 36 heavy (non-hydrogen) atoms. The number of hydrogen-bond donors (Lipinski definition) is 1. The summed E-state index contributed by atoms with van der Waals surface area (Å²) in [5, 5.41) is 9.70. The Morgan fingerprint density at radius 3 is 1.56 bits per heavy atom. The SMILES string of the molecule is OCC[C@@H](COC(c1ccccc1)(c1ccccc1)c1ccccc1)OCCOCc1ccccc1. The van der Waals surface area contributed by atoms with Gasteiger partial charge in [0.2, 0.25) is 0 Å². The molecule has 0 saturated carbocycles. The lowest BCUT2D eigenvalue weighted by atomic mass is 9.80. The fraction of sp³-hybridized carbons (Fsp3) is 0.250. The highest BCUT2D eigenvalue weighted by atomic mass is 16.6. The molecule has 0 bridgehead atoms. The highest BCUT2D eigenvalue weighted by molar-refractivity contribution is 5.47. The van der Waals surface area contributed by atoms with Crippen LogP contribution in [0.3, 0.4) is 0 Å². The Morgan fingerprint density at radius 2 is 1.08 bits per heavy atom. The summed E-state index contributed by atoms with van der Waals surface area (Å²) in [6.45, 7) is 1.78. The van der Waals surface area contributed by atoms with E-state index in [1.807, 2.05) is 84.9 Å². The molecule has 0 fully saturated rings. The van der Waals surface area contributed by atoms with E-state index in [1.165, 1.54) is 0 Å². The molecular weight excluding hydrogens is 448 g/mol. The summed E-state index contributed by atoms with van der Waals surface area (Å²) in [5.74, 6) is 0. The van der Waals surface area contributed by atoms with Crippen molar-refractivity contribution >= 4 is 0 Å². The van der Waals surface area contributed by atoms with Crippen LogP contribution < -0.4 is 0 Å². The third-order valence-electron chi connectivity index (χ3n) is 6.17. The molecule has 0 aliphatic carbocycles. The number of benzene rings is 4. The van der Waals surface area contributed by atoms with Crippen molar-refractivity contribution in [2.45, 2.75) is 24.7 Å². The lowest BCUT2D eigenvalue weighted by Crippen LogP contribution is -2.36. The van der Waals surface area contributed by atoms with Gasteiger partial charge >= 0.3 is 0 Å². The normalized spacial score (nSPS) is 12.4. The van der Waals surface area contributed by atoms with Crippen LogP contribution in [-0.4, -0.2) is 37.6 Å². The van der Waals surface area contributed by atoms with E-state index in [4.69, 9.17) is 14.2 Å². The van der Waals surface area contributed by atoms with Crippen molar-refractivity contribution in [3.63, 3.8) is 0 Å². The zero-order valence-corrected chi connectivity index (χ0v) is 20.5. The van der Waals surface area contributed by atoms with E-state index in [0.717, 1.165) is 22.3 Å². The minimum absolute atomic E-state index is 0.0217. The van der Waals surface area contributed by atoms with Crippen molar-refractivity contribution in [2.75, 3.05) is 26.4 Å². The number of aliphatic hydroxyl groups is 1. The molecule has 1 N–H and O–H groups in total. The maximum absolute atomic E-state index is 9.70. The monoisotopic (exact) mass is 482 g/mol. The van der Waals surface area contributed by atoms with E-state index in [2.05, 4.69) is 36.4 Å². The molecule has 0 amide bonds. The fourth-order valence-electron chi connectivity index (χ4n) is 4.38. The molecule has 0 heterocycles. The fourth-order valence-corrected chi connectivity index (χ4v) is 4.38. The summed E-state index contributed by atoms with van der Waals surface area (Å²) in [7, 11) is 0. The number of ether oxygens (including phenoxy) is 3. The van der Waals surface area contributed by atoms with E-state index in [9.17, 15) is 5.11 Å². The molecule has 0 unspecified atom stereocenters. The van der Waals surface area contributed by atoms with Crippen molar-refractivity contribution in [1.29, 1.82) is 0 Å². The van der Waals surface area contributed by atoms with Crippen molar-refractivity contribution in [1.82, 2.24) is 0 Å². The van der Waals surface area contributed by atoms with E-state index in [0.29, 0.717) is 32.8 Å². The third kappa shape index (κ3) is 6.68. The second-order valence-electron chi connectivity index (χ2n) is 8.63. The summed E-state index contributed by atoms with van der Waals surface area (Å²) in [6.07, 6.45) is 0.207. The zero-order valence-electron chi connectivity index (χ0n) is 20.5. The molecule has 0 aromatic heterocycles. The van der Waals surface area contributed by atoms with Gasteiger partial charge in [0.15, 0.2) is 0 Å². The van der Waals surface area contributed by atoms with Crippen LogP contribution in [0.4, 0.5) is 0 Å². The Hall–Kier alpha value is -3.28. The summed E-state index contributed by atoms with van der Waals surface area (Å²) >= 11 is 0. The van der Waals surface area contributed by atoms with E-state index < -0.39 is 5.60 Å². The zero-order chi connectivity index (χ0) is 24.9. The molecule has 0 radical (unpaired) electrons. The average Bonchev–Trinajstić information content (AvgIpc) is 2.95. The first-order valence-corrected chi connectivity index (χ1v) is 12.5. The smallest absolute Gasteiger partial charge is 0.143 e. The predicted octanol–water partition coefficient (Wildman–Crippen LogP) is 5.98. The van der Waals surface area contributed by atoms with Crippen molar-refractivity contribution < 1.29 is 19.3 Å². The van der Waals surface area contributed by atoms with Crippen molar-refractivity contribution in [2.24, 2.45) is 0 Å². The van der Waals surface area contributed by atoms with Gasteiger partial charge in [-0.1, -0.05) is 121 Å². The summed E-state index contributed by atoms with van der Waals surface area (Å²) < 4.78 is 18.7. The standard InChI is InChI=1S/C32H34O4/c33-22-21-31(35-24-23-34-25-27-13-5-1-6-14-27)26-36-32(28-15-7-2-8-16-28,29-17-9-3-10-18-29)30-19-11-4-12-20-30/h1-20,31,33H,21-26H2/t31-/m0/s1. The first kappa shape index (κ1) is 25.8. The van der Waals surface area contributed by atoms with E-state index in [-0.39, 0.29) is 12.7 Å². The molecule has 186 valence electrons. The lowest BCUT2D eigenvalue weighted by molar-refractivity contribution is -0.0815. The number of hydrogen-bond acceptors (Lipinski definition) is 4. The molecule has 4 heteroatoms. The van der Waals surface area contributed by atoms with Crippen LogP contribution in [0, 0.1) is 0 Å². The van der Waals surface area contributed by atoms with Crippen LogP contribution in [-0.2, 0) is 26.4 Å². The molecule has 0 saturated heterocycles. The van der Waals surface area contributed by atoms with Gasteiger partial charge in [-0.25, -0.2) is 0 Å². The van der Waals surface area contributed by atoms with Crippen LogP contribution in [0.2, 0.25) is 0 Å². The number of rotatable bonds is 14. The molecule has 0 aliphatic rings. The van der Waals surface area contributed by atoms with Crippen molar-refractivity contribution in [3.05, 3.63) is 144 Å². The van der Waals surface area contributed by atoms with Gasteiger partial charge < -0.3 is 19.3 Å². The highest BCUT2D eigenvalue weighted by Gasteiger charge is 2.38. The average molecular weight is 483 g/mol. The van der Waals surface area contributed by atoms with Gasteiger partial charge in [0.1, 0.15) is 5.60 Å². The van der Waals surface area contributed by atoms with Crippen LogP contribution in [0.1, 0.15) is 28.7 Å². The summed E-state index contributed by atoms with van der Waals surface area (Å²) in [6, 6.07) is 40.9. The van der Waals surface area contributed by atoms with Gasteiger partial charge in [-0.3, -0.25) is 0 Å². The molecule has 4 aromatic carbocycles. The molecule has 0 spiro atoms. The molecule has 4 rings (SSSR count). The summed E-state index contributed by atoms with van der Waals surface area (Å²) in [4.78, 5) is 0. The van der Waals surface area contributed by atoms with Gasteiger partial charge in [0.05, 0.1) is 32.5 Å². The minimum atomic E-state index is -0.815. The Balaban J connectivity index is 1.51. The molecule has 4 aromatic rings. The van der Waals surface area contributed by atoms with Gasteiger partial charge in [-0.05, 0) is 28.7 Å². The maximum atomic E-state index is 9.70. The van der Waals surface area contributed by atoms with E-state index in [1.54, 1.807) is 0 Å². The summed E-state index contributed by atoms with van der Waals surface area (Å²) in [5.41, 5.74) is 3.43. The number of aliphatic hydroxyl groups excluding tert-OH is 1. The first-order valence-electron chi connectivity index (χ1n) is 12.5. The lowest BCUT2D eigenvalue weighted by Gasteiger charge is -2.37. The Kier molecular flexibility index (Phi) is 9.83. The third-order valence-corrected chi connectivity index (χ3v) is 6.17. The highest BCUT2D eigenvalue weighted by Crippen LogP contribution is 2.40. The Bertz CT molecular complexity index is 1020. The van der Waals surface area contributed by atoms with Gasteiger partial charge in [0, 0.05) is 6.61 Å².